The van der Waals surface area contributed by atoms with Gasteiger partial charge in [-0.05, 0) is 0 Å². The average Bonchev–Trinajstić information content (AvgIpc) is 3.84. The summed E-state index contributed by atoms with van der Waals surface area (Å²) in [6.45, 7) is 28.3. The number of allylic oxidation sites excluding steroid dienone is 2. The van der Waals surface area contributed by atoms with Gasteiger partial charge in [0.1, 0.15) is 0 Å². The molecule has 62 heavy (non-hydrogen) atoms. The van der Waals surface area contributed by atoms with Crippen molar-refractivity contribution in [3.8, 4) is 22.3 Å². The van der Waals surface area contributed by atoms with Crippen LogP contribution in [0.3, 0.4) is 0 Å². The van der Waals surface area contributed by atoms with E-state index in [1.54, 1.807) is 0 Å². The number of halogens is 2. The van der Waals surface area contributed by atoms with Gasteiger partial charge in [-0.15, -0.1) is 0 Å². The molecule has 2 unspecified atom stereocenters. The maximum absolute atomic E-state index is 9.26. The first-order valence-electron chi connectivity index (χ1n) is 22.9. The van der Waals surface area contributed by atoms with Gasteiger partial charge in [-0.2, -0.15) is 0 Å². The van der Waals surface area contributed by atoms with Crippen LogP contribution in [0.5, 0.6) is 0 Å². The molecular weight excluding hydrogens is 887 g/mol. The number of hydrogen-bond acceptors (Lipinski definition) is 0. The molecule has 0 bridgehead atoms. The van der Waals surface area contributed by atoms with Crippen LogP contribution in [-0.4, -0.2) is 5.92 Å². The second kappa shape index (κ2) is 16.5. The summed E-state index contributed by atoms with van der Waals surface area (Å²) in [6.07, 6.45) is 5.06. The van der Waals surface area contributed by atoms with Gasteiger partial charge in [0, 0.05) is 0 Å². The molecule has 6 aromatic rings. The molecule has 0 saturated heterocycles. The van der Waals surface area contributed by atoms with Crippen molar-refractivity contribution in [1.82, 2.24) is 0 Å². The molecule has 0 heterocycles. The third kappa shape index (κ3) is 7.48. The normalized spacial score (nSPS) is 17.2. The molecule has 0 aromatic heterocycles. The van der Waals surface area contributed by atoms with Crippen LogP contribution in [0.1, 0.15) is 144 Å². The standard InChI is InChI=1S/2C28H29.C2H7Si.2ClH.Zr/c2*1-19(2)23-13-9-10-14-24(23)27-25-18-22(20-11-7-6-8-12-20)17-21(25)15-16-26(27)28(3,4)5;1-3-2;;;/h2*6-19H,1-5H3;3H,1-2H3;2*1H;/q;;;;;+2/p-2. The van der Waals surface area contributed by atoms with Gasteiger partial charge in [0.05, 0.1) is 0 Å². The Hall–Kier alpha value is -3.52. The fourth-order valence-electron chi connectivity index (χ4n) is 11.0. The second-order valence-electron chi connectivity index (χ2n) is 21.1. The van der Waals surface area contributed by atoms with Crippen molar-refractivity contribution >= 4 is 46.2 Å². The molecule has 8 rings (SSSR count). The predicted molar refractivity (Wildman–Crippen MR) is 274 cm³/mol. The molecule has 319 valence electrons. The molecule has 0 nitrogen and oxygen atoms in total. The minimum atomic E-state index is -5.39. The van der Waals surface area contributed by atoms with Crippen molar-refractivity contribution in [1.29, 1.82) is 0 Å². The van der Waals surface area contributed by atoms with Crippen LogP contribution in [0.2, 0.25) is 13.1 Å². The summed E-state index contributed by atoms with van der Waals surface area (Å²) in [4.78, 5) is 0. The molecule has 0 fully saturated rings. The van der Waals surface area contributed by atoms with Crippen LogP contribution in [0.4, 0.5) is 0 Å². The van der Waals surface area contributed by atoms with Crippen molar-refractivity contribution in [2.75, 3.05) is 0 Å². The molecule has 6 aromatic carbocycles. The van der Waals surface area contributed by atoms with Crippen LogP contribution in [0.15, 0.2) is 133 Å². The van der Waals surface area contributed by atoms with E-state index in [-0.39, 0.29) is 18.1 Å². The second-order valence-corrected chi connectivity index (χ2v) is 63.7. The van der Waals surface area contributed by atoms with Gasteiger partial charge in [0.25, 0.3) is 0 Å². The van der Waals surface area contributed by atoms with Gasteiger partial charge in [0.15, 0.2) is 0 Å². The molecule has 0 amide bonds. The Bertz CT molecular complexity index is 2540. The fourth-order valence-corrected chi connectivity index (χ4v) is 41.1. The van der Waals surface area contributed by atoms with E-state index < -0.39 is 21.5 Å². The van der Waals surface area contributed by atoms with E-state index >= 15 is 0 Å². The molecule has 0 saturated carbocycles. The van der Waals surface area contributed by atoms with Crippen molar-refractivity contribution in [3.05, 3.63) is 189 Å². The van der Waals surface area contributed by atoms with Crippen LogP contribution in [0.25, 0.3) is 45.6 Å². The number of hydrogen-bond donors (Lipinski definition) is 0. The zero-order valence-electron chi connectivity index (χ0n) is 39.0. The quantitative estimate of drug-likeness (QED) is 0.127. The van der Waals surface area contributed by atoms with Gasteiger partial charge < -0.3 is 0 Å². The first kappa shape index (κ1) is 45.1. The monoisotopic (exact) mass is 949 g/mol. The van der Waals surface area contributed by atoms with Gasteiger partial charge >= 0.3 is 385 Å². The number of benzene rings is 6. The summed E-state index contributed by atoms with van der Waals surface area (Å²) in [7, 11) is 18.5. The topological polar surface area (TPSA) is 0 Å². The Kier molecular flexibility index (Phi) is 12.0. The Labute approximate surface area is 382 Å². The summed E-state index contributed by atoms with van der Waals surface area (Å²) in [6, 6.07) is 50.0. The molecule has 0 spiro atoms. The zero-order valence-corrected chi connectivity index (χ0v) is 44.1. The summed E-state index contributed by atoms with van der Waals surface area (Å²) in [5, 5.41) is 0. The molecule has 0 aliphatic heterocycles. The van der Waals surface area contributed by atoms with Gasteiger partial charge in [-0.25, -0.2) is 0 Å². The van der Waals surface area contributed by atoms with Crippen LogP contribution >= 0.6 is 17.0 Å². The van der Waals surface area contributed by atoms with Gasteiger partial charge in [0.2, 0.25) is 0 Å². The molecule has 0 N–H and O–H groups in total. The van der Waals surface area contributed by atoms with E-state index in [0.717, 1.165) is 0 Å². The third-order valence-corrected chi connectivity index (χ3v) is 65.7. The Morgan fingerprint density at radius 3 is 1.13 bits per heavy atom. The number of fused-ring (bicyclic) bond motifs is 2. The summed E-state index contributed by atoms with van der Waals surface area (Å²) >= 11 is -5.39. The Morgan fingerprint density at radius 2 is 0.806 bits per heavy atom. The van der Waals surface area contributed by atoms with Gasteiger partial charge in [-0.3, -0.25) is 0 Å². The minimum absolute atomic E-state index is 0.0961. The van der Waals surface area contributed by atoms with E-state index in [1.807, 2.05) is 0 Å². The first-order chi connectivity index (χ1) is 29.2. The zero-order chi connectivity index (χ0) is 44.5. The molecule has 2 aliphatic carbocycles. The summed E-state index contributed by atoms with van der Waals surface area (Å²) < 4.78 is -0.251. The van der Waals surface area contributed by atoms with Crippen LogP contribution < -0.4 is 0 Å². The molecule has 2 atom stereocenters. The van der Waals surface area contributed by atoms with E-state index in [2.05, 4.69) is 228 Å². The van der Waals surface area contributed by atoms with Crippen molar-refractivity contribution in [2.45, 2.75) is 112 Å². The number of rotatable bonds is 9. The SMILES string of the molecule is CC(C)c1ccccc1-c1c(C(C)(C)C)ccc2c1C=C(c1ccccc1)[CH]2[Zr]([Cl])([Cl])([CH]1C(c2ccccc2)=Cc2c1ccc(C(C)(C)C)c2-c1ccccc1C(C)C)[SiH](C)C. The molecular formula is C58H65Cl2SiZr. The Balaban J connectivity index is 1.51. The first-order valence-corrected chi connectivity index (χ1v) is 39.2. The molecule has 0 radical (unpaired) electrons. The third-order valence-electron chi connectivity index (χ3n) is 14.1. The van der Waals surface area contributed by atoms with E-state index in [1.165, 1.54) is 89.0 Å². The average molecular weight is 952 g/mol. The maximum atomic E-state index is 9.26. The van der Waals surface area contributed by atoms with E-state index in [4.69, 9.17) is 0 Å². The van der Waals surface area contributed by atoms with E-state index in [9.17, 15) is 17.0 Å². The fraction of sp³-hybridized carbons (Fsp3) is 0.310. The molecule has 2 aliphatic rings. The predicted octanol–water partition coefficient (Wildman–Crippen LogP) is 17.7. The summed E-state index contributed by atoms with van der Waals surface area (Å²) in [5.41, 5.74) is 20.7. The van der Waals surface area contributed by atoms with Crippen LogP contribution in [-0.2, 0) is 26.4 Å². The van der Waals surface area contributed by atoms with Crippen molar-refractivity contribution in [3.63, 3.8) is 0 Å². The van der Waals surface area contributed by atoms with Crippen LogP contribution in [0, 0.1) is 0 Å². The van der Waals surface area contributed by atoms with E-state index in [0.29, 0.717) is 11.8 Å². The van der Waals surface area contributed by atoms with Crippen molar-refractivity contribution < 1.29 is 15.6 Å². The van der Waals surface area contributed by atoms with Crippen molar-refractivity contribution in [2.24, 2.45) is 0 Å². The Morgan fingerprint density at radius 1 is 0.468 bits per heavy atom. The summed E-state index contributed by atoms with van der Waals surface area (Å²) in [5.74, 6) is -1.21. The molecule has 4 heteroatoms. The van der Waals surface area contributed by atoms with Gasteiger partial charge in [-0.1, -0.05) is 0 Å².